The monoisotopic (exact) mass is 210 g/mol. The average molecular weight is 210 g/mol. The van der Waals surface area contributed by atoms with Gasteiger partial charge in [-0.1, -0.05) is 32.6 Å². The first-order valence-electron chi connectivity index (χ1n) is 4.40. The van der Waals surface area contributed by atoms with Gasteiger partial charge in [0.1, 0.15) is 0 Å². The Bertz CT molecular complexity index is 203. The van der Waals surface area contributed by atoms with Crippen LogP contribution < -0.4 is 4.89 Å². The molecule has 0 unspecified atom stereocenters. The van der Waals surface area contributed by atoms with Crippen LogP contribution >= 0.6 is 0 Å². The molecule has 6 heteroatoms. The van der Waals surface area contributed by atoms with Crippen molar-refractivity contribution in [3.05, 3.63) is 5.21 Å². The number of unbranched alkanes of at least 4 members (excludes halogenated alkanes) is 4. The Hall–Kier alpha value is -0.170. The Morgan fingerprint density at radius 3 is 2.38 bits per heavy atom. The maximum atomic E-state index is 10.4. The zero-order valence-electron chi connectivity index (χ0n) is 7.78. The molecule has 0 radical (unpaired) electrons. The highest BCUT2D eigenvalue weighted by molar-refractivity contribution is 7.84. The van der Waals surface area contributed by atoms with E-state index >= 15 is 0 Å². The van der Waals surface area contributed by atoms with Crippen molar-refractivity contribution in [2.75, 3.05) is 6.61 Å². The summed E-state index contributed by atoms with van der Waals surface area (Å²) in [6.45, 7) is 2.18. The number of nitrogens with one attached hydrogen (secondary N) is 1. The first-order chi connectivity index (χ1) is 6.12. The van der Waals surface area contributed by atoms with E-state index in [0.717, 1.165) is 30.6 Å². The van der Waals surface area contributed by atoms with Crippen molar-refractivity contribution < 1.29 is 12.6 Å². The van der Waals surface area contributed by atoms with Crippen LogP contribution in [-0.4, -0.2) is 15.0 Å². The zero-order valence-corrected chi connectivity index (χ0v) is 8.60. The van der Waals surface area contributed by atoms with Gasteiger partial charge in [-0.2, -0.15) is 8.42 Å². The molecule has 0 saturated carbocycles. The van der Waals surface area contributed by atoms with Crippen LogP contribution in [-0.2, 0) is 14.5 Å². The number of rotatable bonds is 8. The van der Waals surface area contributed by atoms with Gasteiger partial charge in [-0.3, -0.25) is 9.07 Å². The molecule has 0 aliphatic carbocycles. The van der Waals surface area contributed by atoms with Crippen molar-refractivity contribution in [1.82, 2.24) is 4.89 Å². The van der Waals surface area contributed by atoms with Crippen LogP contribution in [0.15, 0.2) is 0 Å². The van der Waals surface area contributed by atoms with E-state index in [2.05, 4.69) is 11.1 Å². The molecule has 0 aromatic heterocycles. The van der Waals surface area contributed by atoms with E-state index in [4.69, 9.17) is 0 Å². The molecule has 0 spiro atoms. The van der Waals surface area contributed by atoms with E-state index < -0.39 is 10.3 Å². The molecule has 0 aromatic carbocycles. The van der Waals surface area contributed by atoms with Crippen molar-refractivity contribution in [1.29, 1.82) is 0 Å². The van der Waals surface area contributed by atoms with Crippen molar-refractivity contribution >= 4 is 10.3 Å². The molecular formula is C7H16NO4S-. The minimum Gasteiger partial charge on any atom is -0.773 e. The Balaban J connectivity index is 3.26. The van der Waals surface area contributed by atoms with Gasteiger partial charge in [0.25, 0.3) is 0 Å². The second-order valence-electron chi connectivity index (χ2n) is 2.77. The Morgan fingerprint density at radius 1 is 1.23 bits per heavy atom. The fraction of sp³-hybridized carbons (Fsp3) is 1.00. The maximum Gasteiger partial charge on any atom is 0.324 e. The van der Waals surface area contributed by atoms with Crippen LogP contribution in [0, 0.1) is 5.21 Å². The number of hydrogen-bond donors (Lipinski definition) is 1. The van der Waals surface area contributed by atoms with Crippen LogP contribution in [0.3, 0.4) is 0 Å². The largest absolute Gasteiger partial charge is 0.773 e. The third-order valence-electron chi connectivity index (χ3n) is 1.59. The highest BCUT2D eigenvalue weighted by Gasteiger charge is 2.02. The third-order valence-corrected chi connectivity index (χ3v) is 2.27. The molecule has 80 valence electrons. The highest BCUT2D eigenvalue weighted by atomic mass is 32.2. The van der Waals surface area contributed by atoms with Crippen molar-refractivity contribution in [3.8, 4) is 0 Å². The van der Waals surface area contributed by atoms with Crippen molar-refractivity contribution in [3.63, 3.8) is 0 Å². The average Bonchev–Trinajstić information content (AvgIpc) is 2.11. The summed E-state index contributed by atoms with van der Waals surface area (Å²) in [7, 11) is -4.02. The summed E-state index contributed by atoms with van der Waals surface area (Å²) in [6, 6.07) is 0. The summed E-state index contributed by atoms with van der Waals surface area (Å²) >= 11 is 0. The lowest BCUT2D eigenvalue weighted by Crippen LogP contribution is -2.20. The molecule has 0 bridgehead atoms. The summed E-state index contributed by atoms with van der Waals surface area (Å²) in [5, 5.41) is 9.75. The lowest BCUT2D eigenvalue weighted by Gasteiger charge is -2.08. The minimum absolute atomic E-state index is 0.0846. The Labute approximate surface area is 79.3 Å². The highest BCUT2D eigenvalue weighted by Crippen LogP contribution is 2.03. The molecule has 13 heavy (non-hydrogen) atoms. The fourth-order valence-corrected chi connectivity index (χ4v) is 1.28. The molecule has 1 N–H and O–H groups in total. The van der Waals surface area contributed by atoms with Gasteiger partial charge in [0.15, 0.2) is 0 Å². The molecule has 5 nitrogen and oxygen atoms in total. The van der Waals surface area contributed by atoms with Crippen LogP contribution in [0.2, 0.25) is 0 Å². The van der Waals surface area contributed by atoms with Gasteiger partial charge >= 0.3 is 10.3 Å². The molecule has 0 amide bonds. The van der Waals surface area contributed by atoms with E-state index in [1.54, 1.807) is 0 Å². The van der Waals surface area contributed by atoms with Gasteiger partial charge in [0.05, 0.1) is 6.61 Å². The summed E-state index contributed by atoms with van der Waals surface area (Å²) in [4.78, 5) is 0.843. The van der Waals surface area contributed by atoms with Gasteiger partial charge < -0.3 is 5.21 Å². The van der Waals surface area contributed by atoms with Gasteiger partial charge in [-0.05, 0) is 6.42 Å². The van der Waals surface area contributed by atoms with Crippen LogP contribution in [0.1, 0.15) is 39.0 Å². The smallest absolute Gasteiger partial charge is 0.324 e. The van der Waals surface area contributed by atoms with Gasteiger partial charge in [-0.25, -0.2) is 0 Å². The van der Waals surface area contributed by atoms with Gasteiger partial charge in [0.2, 0.25) is 0 Å². The van der Waals surface area contributed by atoms with Gasteiger partial charge in [-0.15, -0.1) is 0 Å². The van der Waals surface area contributed by atoms with Crippen LogP contribution in [0.5, 0.6) is 0 Å². The predicted molar refractivity (Wildman–Crippen MR) is 50.1 cm³/mol. The van der Waals surface area contributed by atoms with E-state index in [9.17, 15) is 13.6 Å². The molecule has 0 heterocycles. The topological polar surface area (TPSA) is 78.5 Å². The molecular weight excluding hydrogens is 194 g/mol. The fourth-order valence-electron chi connectivity index (χ4n) is 0.898. The second kappa shape index (κ2) is 7.25. The first-order valence-corrected chi connectivity index (χ1v) is 5.81. The lowest BCUT2D eigenvalue weighted by molar-refractivity contribution is 0.303. The maximum absolute atomic E-state index is 10.4. The number of hydrogen-bond acceptors (Lipinski definition) is 4. The van der Waals surface area contributed by atoms with Crippen LogP contribution in [0.4, 0.5) is 0 Å². The summed E-state index contributed by atoms with van der Waals surface area (Å²) in [6.07, 6.45) is 4.96. The standard InChI is InChI=1S/C7H16NO4S/c1-2-3-4-5-6-7-12-13(10,11)8-9/h8H,2-7H2,1H3/q-1. The minimum atomic E-state index is -4.02. The van der Waals surface area contributed by atoms with E-state index in [0.29, 0.717) is 6.42 Å². The molecule has 0 aliphatic heterocycles. The van der Waals surface area contributed by atoms with Crippen molar-refractivity contribution in [2.24, 2.45) is 0 Å². The lowest BCUT2D eigenvalue weighted by atomic mass is 10.2. The van der Waals surface area contributed by atoms with E-state index in [-0.39, 0.29) is 6.61 Å². The van der Waals surface area contributed by atoms with E-state index in [1.165, 1.54) is 0 Å². The molecule has 0 rings (SSSR count). The SMILES string of the molecule is CCCCCCCOS(=O)(=O)N[O-]. The summed E-state index contributed by atoms with van der Waals surface area (Å²) < 4.78 is 25.2. The molecule has 0 aromatic rings. The molecule has 0 atom stereocenters. The molecule has 0 fully saturated rings. The van der Waals surface area contributed by atoms with Crippen molar-refractivity contribution in [2.45, 2.75) is 39.0 Å². The van der Waals surface area contributed by atoms with Crippen LogP contribution in [0.25, 0.3) is 0 Å². The quantitative estimate of drug-likeness (QED) is 0.484. The predicted octanol–water partition coefficient (Wildman–Crippen LogP) is 1.31. The molecule has 0 aliphatic rings. The van der Waals surface area contributed by atoms with Gasteiger partial charge in [0, 0.05) is 0 Å². The Kier molecular flexibility index (Phi) is 7.16. The summed E-state index contributed by atoms with van der Waals surface area (Å²) in [5.41, 5.74) is 0. The zero-order chi connectivity index (χ0) is 10.2. The Morgan fingerprint density at radius 2 is 1.85 bits per heavy atom. The molecule has 0 saturated heterocycles. The first kappa shape index (κ1) is 12.8. The third kappa shape index (κ3) is 8.17. The summed E-state index contributed by atoms with van der Waals surface area (Å²) in [5.74, 6) is 0. The van der Waals surface area contributed by atoms with E-state index in [1.807, 2.05) is 0 Å². The second-order valence-corrected chi connectivity index (χ2v) is 4.08. The normalized spacial score (nSPS) is 11.8.